The number of hydrogen-bond acceptors (Lipinski definition) is 10. The fourth-order valence-electron chi connectivity index (χ4n) is 7.41. The number of fused-ring (bicyclic) bond motifs is 2. The summed E-state index contributed by atoms with van der Waals surface area (Å²) in [7, 11) is 0. The van der Waals surface area contributed by atoms with Gasteiger partial charge < -0.3 is 14.2 Å². The molecule has 1 saturated carbocycles. The Morgan fingerprint density at radius 3 is 2.29 bits per heavy atom. The molecule has 6 aromatic rings. The Labute approximate surface area is 367 Å². The van der Waals surface area contributed by atoms with Crippen molar-refractivity contribution in [2.75, 3.05) is 23.9 Å². The largest absolute Gasteiger partial charge is 0.494 e. The number of ether oxygens (including phenoxy) is 3. The lowest BCUT2D eigenvalue weighted by Crippen LogP contribution is -2.20. The number of alkyl halides is 3. The summed E-state index contributed by atoms with van der Waals surface area (Å²) in [6, 6.07) is 26.9. The van der Waals surface area contributed by atoms with E-state index in [1.807, 2.05) is 54.6 Å². The molecule has 0 spiro atoms. The van der Waals surface area contributed by atoms with Crippen molar-refractivity contribution in [3.05, 3.63) is 125 Å². The SMILES string of the molecule is O=C(Oc1ccc(C(=O)Oc2ccc(C3CCCCC3)cc2/C=N/N(CCCC(F)(F)F)c2nc3ccccc3s2)cc1F)c1ccc2cc(OCCCCCCS)ccc2c1. The quantitative estimate of drug-likeness (QED) is 0.0175. The maximum absolute atomic E-state index is 15.5. The van der Waals surface area contributed by atoms with E-state index in [1.54, 1.807) is 24.3 Å². The van der Waals surface area contributed by atoms with Crippen LogP contribution in [0.15, 0.2) is 102 Å². The number of thiol groups is 1. The molecule has 0 unspecified atom stereocenters. The lowest BCUT2D eigenvalue weighted by atomic mass is 9.83. The van der Waals surface area contributed by atoms with Gasteiger partial charge in [-0.3, -0.25) is 0 Å². The Hall–Kier alpha value is -5.47. The predicted octanol–water partition coefficient (Wildman–Crippen LogP) is 13.1. The molecule has 0 radical (unpaired) electrons. The molecule has 0 N–H and O–H groups in total. The number of hydrogen-bond donors (Lipinski definition) is 1. The van der Waals surface area contributed by atoms with Crippen molar-refractivity contribution in [2.45, 2.75) is 82.7 Å². The number of hydrazone groups is 1. The summed E-state index contributed by atoms with van der Waals surface area (Å²) in [4.78, 5) is 31.3. The molecular formula is C48H47F4N3O5S2. The minimum absolute atomic E-state index is 0.0572. The second kappa shape index (κ2) is 21.1. The molecule has 1 aliphatic carbocycles. The number of benzene rings is 5. The van der Waals surface area contributed by atoms with Crippen LogP contribution in [0, 0.1) is 5.82 Å². The first-order chi connectivity index (χ1) is 30.0. The van der Waals surface area contributed by atoms with Gasteiger partial charge in [-0.1, -0.05) is 73.8 Å². The highest BCUT2D eigenvalue weighted by Crippen LogP contribution is 2.36. The summed E-state index contributed by atoms with van der Waals surface area (Å²) in [5, 5.41) is 8.11. The van der Waals surface area contributed by atoms with Gasteiger partial charge in [0.1, 0.15) is 11.5 Å². The standard InChI is InChI=1S/C48H47F4N3O5S2/c49-40-30-37(19-22-43(40)60-45(56)36-16-15-35-29-39(20-17-34(35)27-36)58-25-8-1-2-9-26-61)46(57)59-42-21-18-33(32-11-4-3-5-12-32)28-38(42)31-53-55(24-10-23-48(50,51)52)47-54-41-13-6-7-14-44(41)62-47/h6-7,13-22,27-32,61H,1-5,8-12,23-26H2/b53-31+. The summed E-state index contributed by atoms with van der Waals surface area (Å²) in [5.41, 5.74) is 2.22. The van der Waals surface area contributed by atoms with Crippen molar-refractivity contribution in [3.8, 4) is 17.2 Å². The van der Waals surface area contributed by atoms with Crippen LogP contribution < -0.4 is 19.2 Å². The van der Waals surface area contributed by atoms with Crippen molar-refractivity contribution < 1.29 is 41.4 Å². The minimum atomic E-state index is -4.33. The van der Waals surface area contributed by atoms with Gasteiger partial charge in [-0.2, -0.15) is 30.9 Å². The Morgan fingerprint density at radius 2 is 1.52 bits per heavy atom. The molecule has 1 fully saturated rings. The number of nitrogens with zero attached hydrogens (tertiary/aromatic N) is 3. The van der Waals surface area contributed by atoms with Crippen molar-refractivity contribution >= 4 is 68.2 Å². The molecule has 5 aromatic carbocycles. The van der Waals surface area contributed by atoms with E-state index in [0.29, 0.717) is 22.8 Å². The molecule has 1 aliphatic rings. The number of rotatable bonds is 18. The van der Waals surface area contributed by atoms with Gasteiger partial charge in [0.05, 0.1) is 34.2 Å². The van der Waals surface area contributed by atoms with Gasteiger partial charge in [-0.05, 0) is 127 Å². The van der Waals surface area contributed by atoms with E-state index in [-0.39, 0.29) is 41.5 Å². The molecule has 0 atom stereocenters. The number of unbranched alkanes of at least 4 members (excludes halogenated alkanes) is 3. The molecule has 1 heterocycles. The van der Waals surface area contributed by atoms with Crippen LogP contribution in [0.2, 0.25) is 0 Å². The Kier molecular flexibility index (Phi) is 15.1. The van der Waals surface area contributed by atoms with Crippen LogP contribution in [-0.2, 0) is 0 Å². The summed E-state index contributed by atoms with van der Waals surface area (Å²) in [6.45, 7) is 0.553. The van der Waals surface area contributed by atoms with Crippen LogP contribution in [-0.4, -0.2) is 48.2 Å². The molecule has 62 heavy (non-hydrogen) atoms. The van der Waals surface area contributed by atoms with Gasteiger partial charge in [-0.15, -0.1) is 0 Å². The van der Waals surface area contributed by atoms with Crippen LogP contribution in [0.4, 0.5) is 22.7 Å². The first-order valence-corrected chi connectivity index (χ1v) is 22.4. The first kappa shape index (κ1) is 44.6. The van der Waals surface area contributed by atoms with Crippen LogP contribution >= 0.6 is 24.0 Å². The number of para-hydroxylation sites is 1. The highest BCUT2D eigenvalue weighted by Gasteiger charge is 2.27. The summed E-state index contributed by atoms with van der Waals surface area (Å²) >= 11 is 5.55. The second-order valence-corrected chi connectivity index (χ2v) is 16.8. The number of carbonyl (C=O) groups is 2. The molecule has 0 saturated heterocycles. The van der Waals surface area contributed by atoms with Gasteiger partial charge in [0.25, 0.3) is 0 Å². The topological polar surface area (TPSA) is 90.3 Å². The molecular weight excluding hydrogens is 839 g/mol. The fraction of sp³-hybridized carbons (Fsp3) is 0.333. The van der Waals surface area contributed by atoms with Gasteiger partial charge in [-0.25, -0.2) is 24.0 Å². The number of aromatic nitrogens is 1. The van der Waals surface area contributed by atoms with E-state index in [9.17, 15) is 22.8 Å². The Morgan fingerprint density at radius 1 is 0.806 bits per heavy atom. The molecule has 324 valence electrons. The van der Waals surface area contributed by atoms with Gasteiger partial charge in [0.2, 0.25) is 5.13 Å². The van der Waals surface area contributed by atoms with Crippen molar-refractivity contribution in [3.63, 3.8) is 0 Å². The lowest BCUT2D eigenvalue weighted by Gasteiger charge is -2.23. The normalized spacial score (nSPS) is 13.5. The highest BCUT2D eigenvalue weighted by molar-refractivity contribution is 7.80. The number of esters is 2. The van der Waals surface area contributed by atoms with Crippen LogP contribution in [0.1, 0.15) is 108 Å². The van der Waals surface area contributed by atoms with Gasteiger partial charge in [0, 0.05) is 18.5 Å². The molecule has 0 bridgehead atoms. The zero-order valence-corrected chi connectivity index (χ0v) is 35.8. The van der Waals surface area contributed by atoms with Crippen LogP contribution in [0.5, 0.6) is 17.2 Å². The predicted molar refractivity (Wildman–Crippen MR) is 240 cm³/mol. The molecule has 8 nitrogen and oxygen atoms in total. The number of carbonyl (C=O) groups excluding carboxylic acids is 2. The van der Waals surface area contributed by atoms with Crippen LogP contribution in [0.25, 0.3) is 21.0 Å². The van der Waals surface area contributed by atoms with E-state index in [4.69, 9.17) is 14.2 Å². The average Bonchev–Trinajstić information content (AvgIpc) is 3.71. The van der Waals surface area contributed by atoms with E-state index < -0.39 is 30.4 Å². The maximum Gasteiger partial charge on any atom is 0.389 e. The monoisotopic (exact) mass is 885 g/mol. The Bertz CT molecular complexity index is 2490. The maximum atomic E-state index is 15.5. The molecule has 7 rings (SSSR count). The lowest BCUT2D eigenvalue weighted by molar-refractivity contribution is -0.135. The first-order valence-electron chi connectivity index (χ1n) is 20.9. The minimum Gasteiger partial charge on any atom is -0.494 e. The number of anilines is 1. The van der Waals surface area contributed by atoms with Gasteiger partial charge >= 0.3 is 18.1 Å². The van der Waals surface area contributed by atoms with E-state index >= 15 is 4.39 Å². The second-order valence-electron chi connectivity index (χ2n) is 15.3. The van der Waals surface area contributed by atoms with Crippen molar-refractivity contribution in [2.24, 2.45) is 5.10 Å². The number of thiazole rings is 1. The van der Waals surface area contributed by atoms with Crippen molar-refractivity contribution in [1.29, 1.82) is 0 Å². The third-order valence-corrected chi connectivity index (χ3v) is 12.1. The smallest absolute Gasteiger partial charge is 0.389 e. The average molecular weight is 886 g/mol. The zero-order chi connectivity index (χ0) is 43.5. The fourth-order valence-corrected chi connectivity index (χ4v) is 8.58. The zero-order valence-electron chi connectivity index (χ0n) is 34.0. The Balaban J connectivity index is 1.05. The number of halogens is 4. The third-order valence-electron chi connectivity index (χ3n) is 10.7. The highest BCUT2D eigenvalue weighted by atomic mass is 32.1. The van der Waals surface area contributed by atoms with E-state index in [0.717, 1.165) is 96.4 Å². The summed E-state index contributed by atoms with van der Waals surface area (Å²) in [5.74, 6) is -0.932. The van der Waals surface area contributed by atoms with E-state index in [2.05, 4.69) is 22.7 Å². The van der Waals surface area contributed by atoms with Crippen LogP contribution in [0.3, 0.4) is 0 Å². The van der Waals surface area contributed by atoms with Gasteiger partial charge in [0.15, 0.2) is 11.6 Å². The molecule has 0 aliphatic heterocycles. The van der Waals surface area contributed by atoms with E-state index in [1.165, 1.54) is 34.7 Å². The molecule has 1 aromatic heterocycles. The molecule has 14 heteroatoms. The van der Waals surface area contributed by atoms with Crippen molar-refractivity contribution in [1.82, 2.24) is 4.98 Å². The summed E-state index contributed by atoms with van der Waals surface area (Å²) in [6.07, 6.45) is 5.48. The molecule has 0 amide bonds. The summed E-state index contributed by atoms with van der Waals surface area (Å²) < 4.78 is 73.0. The third kappa shape index (κ3) is 12.1.